The van der Waals surface area contributed by atoms with Crippen molar-refractivity contribution in [2.45, 2.75) is 103 Å². The fourth-order valence-corrected chi connectivity index (χ4v) is 7.93. The zero-order chi connectivity index (χ0) is 32.8. The molecule has 5 rings (SSSR count). The van der Waals surface area contributed by atoms with E-state index in [4.69, 9.17) is 19.6 Å². The maximum atomic E-state index is 14.1. The summed E-state index contributed by atoms with van der Waals surface area (Å²) in [5, 5.41) is 3.79. The van der Waals surface area contributed by atoms with E-state index in [1.807, 2.05) is 4.90 Å². The third-order valence-electron chi connectivity index (χ3n) is 10.7. The lowest BCUT2D eigenvalue weighted by molar-refractivity contribution is -0.142. The number of nitrogens with zero attached hydrogens (tertiary/aromatic N) is 1. The van der Waals surface area contributed by atoms with E-state index in [1.54, 1.807) is 31.4 Å². The maximum absolute atomic E-state index is 14.1. The number of likely N-dealkylation sites (tertiary alicyclic amines) is 1. The monoisotopic (exact) mass is 641 g/mol. The van der Waals surface area contributed by atoms with E-state index < -0.39 is 18.7 Å². The molecule has 2 saturated carbocycles. The summed E-state index contributed by atoms with van der Waals surface area (Å²) in [5.74, 6) is 0.420. The van der Waals surface area contributed by atoms with Gasteiger partial charge < -0.3 is 29.8 Å². The van der Waals surface area contributed by atoms with Gasteiger partial charge in [0, 0.05) is 36.7 Å². The molecule has 10 heteroatoms. The molecule has 2 heterocycles. The standard InChI is InChI=1S/C36H52FN3O6/c1-22(2)16-19-45-36(43)32-21-26-20-27(10-13-31(26)46-32)39-34(41)33-29(23-8-11-28(44-3)12-9-23)15-18-40(33)35(42)25-6-4-24(5-7-25)30(38)14-17-37/h10,13,20-25,28-30,33H,4-9,11-12,14-19,38H2,1-3H3,(H,39,41)/t23?,24-,25-,28?,29-,30+,33-/m0/s1. The van der Waals surface area contributed by atoms with E-state index in [0.29, 0.717) is 48.1 Å². The van der Waals surface area contributed by atoms with Crippen LogP contribution in [0.5, 0.6) is 0 Å². The quantitative estimate of drug-likeness (QED) is 0.254. The topological polar surface area (TPSA) is 124 Å². The third kappa shape index (κ3) is 8.11. The maximum Gasteiger partial charge on any atom is 0.374 e. The van der Waals surface area contributed by atoms with Gasteiger partial charge in [0.05, 0.1) is 19.4 Å². The Hall–Kier alpha value is -2.98. The molecule has 1 saturated heterocycles. The van der Waals surface area contributed by atoms with Crippen molar-refractivity contribution < 1.29 is 32.7 Å². The van der Waals surface area contributed by atoms with Crippen molar-refractivity contribution in [2.24, 2.45) is 35.3 Å². The highest BCUT2D eigenvalue weighted by molar-refractivity contribution is 6.00. The Balaban J connectivity index is 1.30. The van der Waals surface area contributed by atoms with Gasteiger partial charge in [-0.05, 0) is 119 Å². The molecule has 0 unspecified atom stereocenters. The Morgan fingerprint density at radius 1 is 1.02 bits per heavy atom. The normalized spacial score (nSPS) is 27.6. The molecule has 1 aromatic heterocycles. The predicted octanol–water partition coefficient (Wildman–Crippen LogP) is 6.49. The predicted molar refractivity (Wildman–Crippen MR) is 175 cm³/mol. The molecule has 2 aliphatic carbocycles. The van der Waals surface area contributed by atoms with E-state index >= 15 is 0 Å². The Kier molecular flexibility index (Phi) is 11.8. The number of benzene rings is 1. The van der Waals surface area contributed by atoms with E-state index in [0.717, 1.165) is 64.2 Å². The summed E-state index contributed by atoms with van der Waals surface area (Å²) in [6.45, 7) is 4.61. The molecular formula is C36H52FN3O6. The molecule has 3 N–H and O–H groups in total. The van der Waals surface area contributed by atoms with Crippen LogP contribution in [-0.2, 0) is 19.1 Å². The van der Waals surface area contributed by atoms with E-state index in [1.165, 1.54) is 0 Å². The number of alkyl halides is 1. The number of carbonyl (C=O) groups excluding carboxylic acids is 3. The summed E-state index contributed by atoms with van der Waals surface area (Å²) < 4.78 is 29.6. The highest BCUT2D eigenvalue weighted by Gasteiger charge is 2.47. The van der Waals surface area contributed by atoms with Gasteiger partial charge in [-0.2, -0.15) is 0 Å². The molecule has 0 spiro atoms. The van der Waals surface area contributed by atoms with Crippen LogP contribution in [0.1, 0.15) is 95.0 Å². The van der Waals surface area contributed by atoms with Crippen LogP contribution < -0.4 is 11.1 Å². The van der Waals surface area contributed by atoms with Gasteiger partial charge >= 0.3 is 5.97 Å². The minimum Gasteiger partial charge on any atom is -0.460 e. The fraction of sp³-hybridized carbons (Fsp3) is 0.694. The first-order valence-electron chi connectivity index (χ1n) is 17.3. The molecule has 3 atom stereocenters. The van der Waals surface area contributed by atoms with Gasteiger partial charge in [0.15, 0.2) is 0 Å². The number of ether oxygens (including phenoxy) is 2. The van der Waals surface area contributed by atoms with Crippen molar-refractivity contribution in [2.75, 3.05) is 32.3 Å². The Morgan fingerprint density at radius 3 is 2.43 bits per heavy atom. The van der Waals surface area contributed by atoms with Gasteiger partial charge in [-0.3, -0.25) is 14.0 Å². The van der Waals surface area contributed by atoms with Crippen LogP contribution in [0.25, 0.3) is 11.0 Å². The zero-order valence-corrected chi connectivity index (χ0v) is 27.7. The van der Waals surface area contributed by atoms with Gasteiger partial charge in [0.1, 0.15) is 11.6 Å². The van der Waals surface area contributed by atoms with Crippen LogP contribution in [0.4, 0.5) is 10.1 Å². The van der Waals surface area contributed by atoms with Crippen molar-refractivity contribution >= 4 is 34.4 Å². The number of anilines is 1. The zero-order valence-electron chi connectivity index (χ0n) is 27.7. The lowest BCUT2D eigenvalue weighted by Gasteiger charge is -2.37. The Labute approximate surface area is 272 Å². The van der Waals surface area contributed by atoms with Crippen LogP contribution in [0.15, 0.2) is 28.7 Å². The van der Waals surface area contributed by atoms with Crippen LogP contribution in [0, 0.1) is 29.6 Å². The highest BCUT2D eigenvalue weighted by Crippen LogP contribution is 2.42. The second-order valence-electron chi connectivity index (χ2n) is 14.1. The number of esters is 1. The lowest BCUT2D eigenvalue weighted by Crippen LogP contribution is -2.50. The summed E-state index contributed by atoms with van der Waals surface area (Å²) >= 11 is 0. The number of hydrogen-bond acceptors (Lipinski definition) is 7. The lowest BCUT2D eigenvalue weighted by atomic mass is 9.75. The number of halogens is 1. The van der Waals surface area contributed by atoms with Crippen LogP contribution in [-0.4, -0.2) is 67.8 Å². The molecule has 2 aromatic rings. The molecule has 2 amide bonds. The minimum absolute atomic E-state index is 0.0525. The summed E-state index contributed by atoms with van der Waals surface area (Å²) in [6.07, 6.45) is 9.11. The van der Waals surface area contributed by atoms with Crippen LogP contribution >= 0.6 is 0 Å². The fourth-order valence-electron chi connectivity index (χ4n) is 7.93. The van der Waals surface area contributed by atoms with Crippen molar-refractivity contribution in [3.8, 4) is 0 Å². The van der Waals surface area contributed by atoms with Crippen molar-refractivity contribution in [1.29, 1.82) is 0 Å². The first-order chi connectivity index (χ1) is 22.2. The molecule has 46 heavy (non-hydrogen) atoms. The van der Waals surface area contributed by atoms with Gasteiger partial charge in [0.25, 0.3) is 0 Å². The molecule has 3 fully saturated rings. The number of furan rings is 1. The Bertz CT molecular complexity index is 1330. The first-order valence-corrected chi connectivity index (χ1v) is 17.3. The minimum atomic E-state index is -0.561. The number of carbonyl (C=O) groups is 3. The molecule has 0 bridgehead atoms. The smallest absolute Gasteiger partial charge is 0.374 e. The molecular weight excluding hydrogens is 589 g/mol. The summed E-state index contributed by atoms with van der Waals surface area (Å²) in [6, 6.07) is 6.21. The largest absolute Gasteiger partial charge is 0.460 e. The molecule has 9 nitrogen and oxygen atoms in total. The number of nitrogens with one attached hydrogen (secondary N) is 1. The molecule has 0 radical (unpaired) electrons. The SMILES string of the molecule is COC1CCC([C@@H]2CCN(C(=O)[C@H]3CC[C@H]([C@H](N)CCF)CC3)[C@@H]2C(=O)Nc2ccc3oc(C(=O)OCCC(C)C)cc3c2)CC1. The van der Waals surface area contributed by atoms with E-state index in [-0.39, 0.29) is 47.5 Å². The molecule has 1 aliphatic heterocycles. The number of amides is 2. The number of rotatable bonds is 12. The average molecular weight is 642 g/mol. The van der Waals surface area contributed by atoms with Gasteiger partial charge in [0.2, 0.25) is 17.6 Å². The summed E-state index contributed by atoms with van der Waals surface area (Å²) in [4.78, 5) is 42.5. The average Bonchev–Trinajstić information content (AvgIpc) is 3.69. The number of methoxy groups -OCH3 is 1. The van der Waals surface area contributed by atoms with E-state index in [2.05, 4.69) is 19.2 Å². The molecule has 3 aliphatic rings. The second kappa shape index (κ2) is 15.7. The van der Waals surface area contributed by atoms with Crippen molar-refractivity contribution in [1.82, 2.24) is 4.90 Å². The van der Waals surface area contributed by atoms with Gasteiger partial charge in [-0.15, -0.1) is 0 Å². The Morgan fingerprint density at radius 2 is 1.76 bits per heavy atom. The van der Waals surface area contributed by atoms with E-state index in [9.17, 15) is 18.8 Å². The van der Waals surface area contributed by atoms with Gasteiger partial charge in [-0.1, -0.05) is 13.8 Å². The first kappa shape index (κ1) is 34.4. The van der Waals surface area contributed by atoms with Gasteiger partial charge in [-0.25, -0.2) is 4.79 Å². The molecule has 1 aromatic carbocycles. The third-order valence-corrected chi connectivity index (χ3v) is 10.7. The molecule has 254 valence electrons. The van der Waals surface area contributed by atoms with Crippen LogP contribution in [0.2, 0.25) is 0 Å². The second-order valence-corrected chi connectivity index (χ2v) is 14.1. The summed E-state index contributed by atoms with van der Waals surface area (Å²) in [5.41, 5.74) is 7.33. The van der Waals surface area contributed by atoms with Crippen LogP contribution in [0.3, 0.4) is 0 Å². The number of hydrogen-bond donors (Lipinski definition) is 2. The highest BCUT2D eigenvalue weighted by atomic mass is 19.1. The summed E-state index contributed by atoms with van der Waals surface area (Å²) in [7, 11) is 1.76. The van der Waals surface area contributed by atoms with Crippen molar-refractivity contribution in [3.05, 3.63) is 30.0 Å². The van der Waals surface area contributed by atoms with Crippen molar-refractivity contribution in [3.63, 3.8) is 0 Å². The number of nitrogens with two attached hydrogens (primary N) is 1. The number of fused-ring (bicyclic) bond motifs is 1.